The van der Waals surface area contributed by atoms with Crippen molar-refractivity contribution >= 4 is 34.7 Å². The lowest BCUT2D eigenvalue weighted by Crippen LogP contribution is -2.46. The van der Waals surface area contributed by atoms with Gasteiger partial charge in [-0.1, -0.05) is 30.3 Å². The van der Waals surface area contributed by atoms with Crippen LogP contribution < -0.4 is 15.5 Å². The summed E-state index contributed by atoms with van der Waals surface area (Å²) in [6.45, 7) is 4.12. The van der Waals surface area contributed by atoms with Crippen molar-refractivity contribution in [2.45, 2.75) is 0 Å². The van der Waals surface area contributed by atoms with Crippen molar-refractivity contribution in [2.75, 3.05) is 49.6 Å². The van der Waals surface area contributed by atoms with Gasteiger partial charge >= 0.3 is 6.03 Å². The number of anilines is 2. The van der Waals surface area contributed by atoms with Gasteiger partial charge in [0.05, 0.1) is 24.5 Å². The number of nitrogens with zero attached hydrogens (tertiary/aromatic N) is 2. The van der Waals surface area contributed by atoms with Crippen LogP contribution in [0.3, 0.4) is 0 Å². The van der Waals surface area contributed by atoms with E-state index >= 15 is 0 Å². The molecule has 0 saturated carbocycles. The van der Waals surface area contributed by atoms with Gasteiger partial charge < -0.3 is 15.4 Å². The Labute approximate surface area is 179 Å². The largest absolute Gasteiger partial charge is 0.379 e. The molecule has 3 aliphatic heterocycles. The summed E-state index contributed by atoms with van der Waals surface area (Å²) in [6, 6.07) is 13.7. The summed E-state index contributed by atoms with van der Waals surface area (Å²) in [5.41, 5.74) is 2.66. The Morgan fingerprint density at radius 2 is 1.71 bits per heavy atom. The van der Waals surface area contributed by atoms with Crippen molar-refractivity contribution in [1.82, 2.24) is 10.2 Å². The Bertz CT molecular complexity index is 1100. The molecule has 1 saturated heterocycles. The number of allylic oxidation sites excluding steroid dienone is 1. The second-order valence-corrected chi connectivity index (χ2v) is 7.59. The average molecular weight is 418 g/mol. The number of ketones is 1. The van der Waals surface area contributed by atoms with E-state index in [9.17, 15) is 14.4 Å². The molecule has 0 radical (unpaired) electrons. The van der Waals surface area contributed by atoms with Gasteiger partial charge in [-0.2, -0.15) is 0 Å². The SMILES string of the molecule is O=C1/C(=C2/C(=O)N(C(=O)NCCN3CCOCC3)c3ccccc32)Nc2ccccc21. The van der Waals surface area contributed by atoms with Crippen molar-refractivity contribution in [3.63, 3.8) is 0 Å². The molecule has 2 aromatic carbocycles. The number of rotatable bonds is 3. The molecule has 0 aliphatic carbocycles. The number of carbonyl (C=O) groups excluding carboxylic acids is 3. The molecule has 0 spiro atoms. The second-order valence-electron chi connectivity index (χ2n) is 7.59. The van der Waals surface area contributed by atoms with Gasteiger partial charge in [-0.15, -0.1) is 0 Å². The van der Waals surface area contributed by atoms with E-state index in [-0.39, 0.29) is 17.1 Å². The number of morpholine rings is 1. The molecule has 1 fully saturated rings. The van der Waals surface area contributed by atoms with Gasteiger partial charge in [0.15, 0.2) is 0 Å². The molecule has 8 nitrogen and oxygen atoms in total. The Kier molecular flexibility index (Phi) is 5.01. The summed E-state index contributed by atoms with van der Waals surface area (Å²) < 4.78 is 5.33. The summed E-state index contributed by atoms with van der Waals surface area (Å²) in [7, 11) is 0. The number of benzene rings is 2. The lowest BCUT2D eigenvalue weighted by Gasteiger charge is -2.26. The molecule has 31 heavy (non-hydrogen) atoms. The number of fused-ring (bicyclic) bond motifs is 2. The quantitative estimate of drug-likeness (QED) is 0.742. The first-order valence-corrected chi connectivity index (χ1v) is 10.3. The van der Waals surface area contributed by atoms with Gasteiger partial charge in [0.2, 0.25) is 5.78 Å². The third-order valence-electron chi connectivity index (χ3n) is 5.75. The molecule has 0 unspecified atom stereocenters. The third kappa shape index (κ3) is 3.39. The van der Waals surface area contributed by atoms with Gasteiger partial charge in [-0.05, 0) is 18.2 Å². The van der Waals surface area contributed by atoms with Crippen molar-refractivity contribution in [3.8, 4) is 0 Å². The highest BCUT2D eigenvalue weighted by Gasteiger charge is 2.41. The van der Waals surface area contributed by atoms with Crippen molar-refractivity contribution < 1.29 is 19.1 Å². The first-order chi connectivity index (χ1) is 15.1. The minimum atomic E-state index is -0.506. The van der Waals surface area contributed by atoms with E-state index in [2.05, 4.69) is 15.5 Å². The number of para-hydroxylation sites is 2. The van der Waals surface area contributed by atoms with Crippen LogP contribution in [0.5, 0.6) is 0 Å². The van der Waals surface area contributed by atoms with Crippen LogP contribution in [0.2, 0.25) is 0 Å². The van der Waals surface area contributed by atoms with Gasteiger partial charge in [0.1, 0.15) is 5.70 Å². The van der Waals surface area contributed by atoms with Gasteiger partial charge in [-0.3, -0.25) is 14.5 Å². The molecule has 3 amide bonds. The van der Waals surface area contributed by atoms with E-state index in [1.54, 1.807) is 42.5 Å². The predicted molar refractivity (Wildman–Crippen MR) is 116 cm³/mol. The fourth-order valence-electron chi connectivity index (χ4n) is 4.18. The van der Waals surface area contributed by atoms with E-state index in [0.29, 0.717) is 48.8 Å². The molecular weight excluding hydrogens is 396 g/mol. The molecule has 158 valence electrons. The lowest BCUT2D eigenvalue weighted by molar-refractivity contribution is -0.112. The Balaban J connectivity index is 1.40. The summed E-state index contributed by atoms with van der Waals surface area (Å²) in [5, 5.41) is 5.91. The number of imide groups is 1. The van der Waals surface area contributed by atoms with E-state index < -0.39 is 11.9 Å². The molecule has 5 rings (SSSR count). The maximum absolute atomic E-state index is 13.3. The number of Topliss-reactive ketones (excluding diaryl/α,β-unsaturated/α-hetero) is 1. The normalized spacial score (nSPS) is 20.5. The van der Waals surface area contributed by atoms with Crippen LogP contribution in [0.4, 0.5) is 16.2 Å². The molecule has 3 aliphatic rings. The topological polar surface area (TPSA) is 91.0 Å². The summed E-state index contributed by atoms with van der Waals surface area (Å²) in [6.07, 6.45) is 0. The molecule has 0 bridgehead atoms. The minimum absolute atomic E-state index is 0.210. The number of nitrogens with one attached hydrogen (secondary N) is 2. The molecule has 0 atom stereocenters. The van der Waals surface area contributed by atoms with Gasteiger partial charge in [-0.25, -0.2) is 9.69 Å². The van der Waals surface area contributed by atoms with Crippen LogP contribution in [0, 0.1) is 0 Å². The first kappa shape index (κ1) is 19.5. The molecule has 2 N–H and O–H groups in total. The Morgan fingerprint density at radius 1 is 1.00 bits per heavy atom. The molecule has 2 aromatic rings. The monoisotopic (exact) mass is 418 g/mol. The number of urea groups is 1. The van der Waals surface area contributed by atoms with Crippen LogP contribution >= 0.6 is 0 Å². The second kappa shape index (κ2) is 7.98. The van der Waals surface area contributed by atoms with E-state index in [0.717, 1.165) is 18.0 Å². The molecular formula is C23H22N4O4. The van der Waals surface area contributed by atoms with Crippen LogP contribution in [0.25, 0.3) is 5.57 Å². The zero-order valence-electron chi connectivity index (χ0n) is 16.9. The highest BCUT2D eigenvalue weighted by Crippen LogP contribution is 2.41. The van der Waals surface area contributed by atoms with Crippen molar-refractivity contribution in [2.24, 2.45) is 0 Å². The fourth-order valence-corrected chi connectivity index (χ4v) is 4.18. The fraction of sp³-hybridized carbons (Fsp3) is 0.261. The summed E-state index contributed by atoms with van der Waals surface area (Å²) in [4.78, 5) is 42.6. The smallest absolute Gasteiger partial charge is 0.329 e. The highest BCUT2D eigenvalue weighted by molar-refractivity contribution is 6.44. The zero-order chi connectivity index (χ0) is 21.4. The van der Waals surface area contributed by atoms with Crippen LogP contribution in [-0.4, -0.2) is 62.0 Å². The van der Waals surface area contributed by atoms with Crippen LogP contribution in [0.1, 0.15) is 15.9 Å². The van der Waals surface area contributed by atoms with Gasteiger partial charge in [0.25, 0.3) is 5.91 Å². The van der Waals surface area contributed by atoms with Gasteiger partial charge in [0, 0.05) is 43.0 Å². The Morgan fingerprint density at radius 3 is 2.48 bits per heavy atom. The zero-order valence-corrected chi connectivity index (χ0v) is 16.9. The predicted octanol–water partition coefficient (Wildman–Crippen LogP) is 2.09. The maximum Gasteiger partial charge on any atom is 0.329 e. The maximum atomic E-state index is 13.3. The number of ether oxygens (including phenoxy) is 1. The Hall–Kier alpha value is -3.49. The summed E-state index contributed by atoms with van der Waals surface area (Å²) in [5.74, 6) is -0.753. The number of hydrogen-bond donors (Lipinski definition) is 2. The van der Waals surface area contributed by atoms with E-state index in [1.807, 2.05) is 6.07 Å². The van der Waals surface area contributed by atoms with Crippen molar-refractivity contribution in [3.05, 3.63) is 65.4 Å². The van der Waals surface area contributed by atoms with E-state index in [4.69, 9.17) is 4.74 Å². The van der Waals surface area contributed by atoms with Crippen LogP contribution in [-0.2, 0) is 9.53 Å². The third-order valence-corrected chi connectivity index (χ3v) is 5.75. The summed E-state index contributed by atoms with van der Waals surface area (Å²) >= 11 is 0. The average Bonchev–Trinajstić information content (AvgIpc) is 3.27. The molecule has 0 aromatic heterocycles. The first-order valence-electron chi connectivity index (χ1n) is 10.3. The molecule has 3 heterocycles. The number of carbonyl (C=O) groups is 3. The molecule has 8 heteroatoms. The van der Waals surface area contributed by atoms with Crippen molar-refractivity contribution in [1.29, 1.82) is 0 Å². The number of hydrogen-bond acceptors (Lipinski definition) is 6. The standard InChI is InChI=1S/C23H22N4O4/c28-21-15-5-1-3-7-17(15)25-20(21)19-16-6-2-4-8-18(16)27(22(19)29)23(30)24-9-10-26-11-13-31-14-12-26/h1-8,25H,9-14H2,(H,24,30)/b20-19-. The van der Waals surface area contributed by atoms with E-state index in [1.165, 1.54) is 0 Å². The minimum Gasteiger partial charge on any atom is -0.379 e. The lowest BCUT2D eigenvalue weighted by atomic mass is 10.0. The number of amides is 3. The van der Waals surface area contributed by atoms with Crippen LogP contribution in [0.15, 0.2) is 54.2 Å². The highest BCUT2D eigenvalue weighted by atomic mass is 16.5.